The monoisotopic (exact) mass is 382 g/mol. The molecular weight excluding hydrogens is 356 g/mol. The van der Waals surface area contributed by atoms with Crippen LogP contribution in [0.5, 0.6) is 0 Å². The lowest BCUT2D eigenvalue weighted by Crippen LogP contribution is -2.23. The Labute approximate surface area is 165 Å². The van der Waals surface area contributed by atoms with Crippen molar-refractivity contribution in [1.29, 1.82) is 0 Å². The number of nitrogens with zero attached hydrogens (tertiary/aromatic N) is 3. The fourth-order valence-electron chi connectivity index (χ4n) is 3.73. The van der Waals surface area contributed by atoms with Crippen LogP contribution >= 0.6 is 11.8 Å². The van der Waals surface area contributed by atoms with Crippen LogP contribution < -0.4 is 5.32 Å². The second kappa shape index (κ2) is 8.85. The molecule has 1 aromatic carbocycles. The highest BCUT2D eigenvalue weighted by molar-refractivity contribution is 7.98. The van der Waals surface area contributed by atoms with Crippen molar-refractivity contribution in [3.05, 3.63) is 41.1 Å². The lowest BCUT2D eigenvalue weighted by Gasteiger charge is -2.20. The molecule has 4 rings (SSSR count). The summed E-state index contributed by atoms with van der Waals surface area (Å²) in [4.78, 5) is 23.1. The molecule has 1 aromatic heterocycles. The summed E-state index contributed by atoms with van der Waals surface area (Å²) < 4.78 is 0. The Balaban J connectivity index is 1.50. The molecule has 2 aromatic rings. The van der Waals surface area contributed by atoms with Crippen molar-refractivity contribution >= 4 is 23.9 Å². The van der Waals surface area contributed by atoms with Gasteiger partial charge >= 0.3 is 0 Å². The first kappa shape index (κ1) is 18.4. The van der Waals surface area contributed by atoms with Gasteiger partial charge in [-0.2, -0.15) is 11.8 Å². The fraction of sp³-hybridized carbons (Fsp3) is 0.476. The van der Waals surface area contributed by atoms with E-state index in [1.807, 2.05) is 36.0 Å². The molecule has 0 atom stereocenters. The molecule has 1 saturated heterocycles. The van der Waals surface area contributed by atoms with Crippen LogP contribution in [-0.4, -0.2) is 53.1 Å². The van der Waals surface area contributed by atoms with Gasteiger partial charge in [0.2, 0.25) is 0 Å². The summed E-state index contributed by atoms with van der Waals surface area (Å²) in [7, 11) is 0. The number of hydrogen-bond donors (Lipinski definition) is 1. The van der Waals surface area contributed by atoms with Crippen molar-refractivity contribution in [3.8, 4) is 11.4 Å². The highest BCUT2D eigenvalue weighted by atomic mass is 32.2. The number of rotatable bonds is 7. The van der Waals surface area contributed by atoms with E-state index in [9.17, 15) is 4.79 Å². The standard InChI is InChI=1S/C21H26N4OS/c26-14-16-4-6-17(7-5-16)20-23-19-8-13-27-15-18(19)21(24-20)22-9-3-12-25-10-1-2-11-25/h4-7,14H,1-3,8-13,15H2,(H,22,23,24). The zero-order valence-corrected chi connectivity index (χ0v) is 16.4. The maximum atomic E-state index is 10.9. The molecule has 0 bridgehead atoms. The summed E-state index contributed by atoms with van der Waals surface area (Å²) in [5, 5.41) is 3.58. The summed E-state index contributed by atoms with van der Waals surface area (Å²) in [6.45, 7) is 4.60. The van der Waals surface area contributed by atoms with E-state index < -0.39 is 0 Å². The Morgan fingerprint density at radius 1 is 1.15 bits per heavy atom. The molecule has 0 unspecified atom stereocenters. The zero-order chi connectivity index (χ0) is 18.5. The second-order valence-corrected chi connectivity index (χ2v) is 8.30. The summed E-state index contributed by atoms with van der Waals surface area (Å²) in [5.41, 5.74) is 4.07. The molecule has 6 heteroatoms. The number of carbonyl (C=O) groups excluding carboxylic acids is 1. The van der Waals surface area contributed by atoms with Crippen molar-refractivity contribution in [2.45, 2.75) is 31.4 Å². The predicted molar refractivity (Wildman–Crippen MR) is 112 cm³/mol. The molecule has 0 amide bonds. The van der Waals surface area contributed by atoms with Gasteiger partial charge in [0, 0.05) is 29.0 Å². The average molecular weight is 383 g/mol. The Morgan fingerprint density at radius 2 is 1.96 bits per heavy atom. The third kappa shape index (κ3) is 4.50. The van der Waals surface area contributed by atoms with Gasteiger partial charge in [0.1, 0.15) is 12.1 Å². The van der Waals surface area contributed by atoms with E-state index in [1.165, 1.54) is 37.2 Å². The predicted octanol–water partition coefficient (Wildman–Crippen LogP) is 3.64. The second-order valence-electron chi connectivity index (χ2n) is 7.19. The van der Waals surface area contributed by atoms with Gasteiger partial charge in [0.25, 0.3) is 0 Å². The van der Waals surface area contributed by atoms with E-state index in [1.54, 1.807) is 0 Å². The number of nitrogens with one attached hydrogen (secondary N) is 1. The van der Waals surface area contributed by atoms with Crippen molar-refractivity contribution in [2.24, 2.45) is 0 Å². The van der Waals surface area contributed by atoms with Crippen LogP contribution in [0.25, 0.3) is 11.4 Å². The summed E-state index contributed by atoms with van der Waals surface area (Å²) >= 11 is 1.95. The molecule has 5 nitrogen and oxygen atoms in total. The SMILES string of the molecule is O=Cc1ccc(-c2nc3c(c(NCCCN4CCCC4)n2)CSCC3)cc1. The number of likely N-dealkylation sites (tertiary alicyclic amines) is 1. The maximum Gasteiger partial charge on any atom is 0.161 e. The lowest BCUT2D eigenvalue weighted by molar-refractivity contribution is 0.112. The highest BCUT2D eigenvalue weighted by Gasteiger charge is 2.19. The molecular formula is C21H26N4OS. The van der Waals surface area contributed by atoms with Crippen LogP contribution in [0.15, 0.2) is 24.3 Å². The lowest BCUT2D eigenvalue weighted by atomic mass is 10.1. The number of aldehydes is 1. The van der Waals surface area contributed by atoms with Crippen molar-refractivity contribution in [1.82, 2.24) is 14.9 Å². The van der Waals surface area contributed by atoms with Gasteiger partial charge in [-0.3, -0.25) is 4.79 Å². The van der Waals surface area contributed by atoms with E-state index in [-0.39, 0.29) is 0 Å². The van der Waals surface area contributed by atoms with Crippen molar-refractivity contribution in [2.75, 3.05) is 37.2 Å². The summed E-state index contributed by atoms with van der Waals surface area (Å²) in [6.07, 6.45) is 5.68. The Morgan fingerprint density at radius 3 is 2.74 bits per heavy atom. The summed E-state index contributed by atoms with van der Waals surface area (Å²) in [6, 6.07) is 7.51. The highest BCUT2D eigenvalue weighted by Crippen LogP contribution is 2.30. The van der Waals surface area contributed by atoms with E-state index in [4.69, 9.17) is 9.97 Å². The Kier molecular flexibility index (Phi) is 6.04. The quantitative estimate of drug-likeness (QED) is 0.583. The first-order chi connectivity index (χ1) is 13.3. The smallest absolute Gasteiger partial charge is 0.161 e. The minimum absolute atomic E-state index is 0.674. The number of fused-ring (bicyclic) bond motifs is 1. The fourth-order valence-corrected chi connectivity index (χ4v) is 4.72. The molecule has 1 fully saturated rings. The molecule has 3 heterocycles. The minimum Gasteiger partial charge on any atom is -0.370 e. The van der Waals surface area contributed by atoms with Gasteiger partial charge in [-0.1, -0.05) is 24.3 Å². The van der Waals surface area contributed by atoms with E-state index in [0.29, 0.717) is 5.56 Å². The third-order valence-electron chi connectivity index (χ3n) is 5.27. The molecule has 27 heavy (non-hydrogen) atoms. The normalized spacial score (nSPS) is 16.9. The molecule has 2 aliphatic heterocycles. The molecule has 142 valence electrons. The van der Waals surface area contributed by atoms with Crippen molar-refractivity contribution in [3.63, 3.8) is 0 Å². The number of aryl methyl sites for hydroxylation is 1. The zero-order valence-electron chi connectivity index (χ0n) is 15.6. The van der Waals surface area contributed by atoms with Gasteiger partial charge in [-0.15, -0.1) is 0 Å². The van der Waals surface area contributed by atoms with E-state index in [2.05, 4.69) is 10.2 Å². The number of hydrogen-bond acceptors (Lipinski definition) is 6. The van der Waals surface area contributed by atoms with Crippen LogP contribution in [0, 0.1) is 0 Å². The minimum atomic E-state index is 0.674. The third-order valence-corrected chi connectivity index (χ3v) is 6.26. The Bertz CT molecular complexity index is 788. The van der Waals surface area contributed by atoms with Crippen LogP contribution in [0.3, 0.4) is 0 Å². The molecule has 0 aliphatic carbocycles. The first-order valence-corrected chi connectivity index (χ1v) is 11.0. The van der Waals surface area contributed by atoms with Crippen molar-refractivity contribution < 1.29 is 4.79 Å². The van der Waals surface area contributed by atoms with E-state index >= 15 is 0 Å². The van der Waals surface area contributed by atoms with Crippen LogP contribution in [0.1, 0.15) is 40.9 Å². The molecule has 0 radical (unpaired) electrons. The van der Waals surface area contributed by atoms with Gasteiger partial charge in [0.15, 0.2) is 5.82 Å². The number of carbonyl (C=O) groups is 1. The molecule has 2 aliphatic rings. The molecule has 1 N–H and O–H groups in total. The topological polar surface area (TPSA) is 58.1 Å². The number of anilines is 1. The number of aromatic nitrogens is 2. The van der Waals surface area contributed by atoms with Gasteiger partial charge in [-0.05, 0) is 51.1 Å². The van der Waals surface area contributed by atoms with Gasteiger partial charge in [-0.25, -0.2) is 9.97 Å². The average Bonchev–Trinajstić information content (AvgIpc) is 3.24. The summed E-state index contributed by atoms with van der Waals surface area (Å²) in [5.74, 6) is 3.83. The first-order valence-electron chi connectivity index (χ1n) is 9.83. The number of thioether (sulfide) groups is 1. The van der Waals surface area contributed by atoms with Crippen LogP contribution in [0.4, 0.5) is 5.82 Å². The van der Waals surface area contributed by atoms with Gasteiger partial charge < -0.3 is 10.2 Å². The van der Waals surface area contributed by atoms with Gasteiger partial charge in [0.05, 0.1) is 5.69 Å². The Hall–Kier alpha value is -1.92. The van der Waals surface area contributed by atoms with Crippen LogP contribution in [-0.2, 0) is 12.2 Å². The maximum absolute atomic E-state index is 10.9. The molecule has 0 saturated carbocycles. The largest absolute Gasteiger partial charge is 0.370 e. The molecule has 0 spiro atoms. The van der Waals surface area contributed by atoms with Crippen LogP contribution in [0.2, 0.25) is 0 Å². The van der Waals surface area contributed by atoms with E-state index in [0.717, 1.165) is 60.9 Å². The number of benzene rings is 1.